The Labute approximate surface area is 180 Å². The summed E-state index contributed by atoms with van der Waals surface area (Å²) in [5.74, 6) is -0.323. The van der Waals surface area contributed by atoms with E-state index in [0.717, 1.165) is 5.69 Å². The quantitative estimate of drug-likeness (QED) is 0.246. The van der Waals surface area contributed by atoms with Crippen molar-refractivity contribution in [1.29, 1.82) is 0 Å². The molecule has 0 aliphatic rings. The van der Waals surface area contributed by atoms with Crippen LogP contribution in [-0.4, -0.2) is 37.1 Å². The number of carbonyl (C=O) groups is 1. The van der Waals surface area contributed by atoms with E-state index < -0.39 is 24.7 Å². The number of nitro benzene ring substituents is 1. The van der Waals surface area contributed by atoms with Gasteiger partial charge in [0.15, 0.2) is 0 Å². The third-order valence-corrected chi connectivity index (χ3v) is 5.50. The highest BCUT2D eigenvalue weighted by Crippen LogP contribution is 2.46. The summed E-state index contributed by atoms with van der Waals surface area (Å²) in [6, 6.07) is 10.8. The number of nitrogens with one attached hydrogen (secondary N) is 1. The van der Waals surface area contributed by atoms with Crippen LogP contribution < -0.4 is 19.0 Å². The Morgan fingerprint density at radius 3 is 2.23 bits per heavy atom. The Kier molecular flexibility index (Phi) is 8.01. The summed E-state index contributed by atoms with van der Waals surface area (Å²) in [6.07, 6.45) is -0.357. The summed E-state index contributed by atoms with van der Waals surface area (Å²) in [5, 5.41) is 13.4. The van der Waals surface area contributed by atoms with Crippen LogP contribution in [0.15, 0.2) is 48.5 Å². The van der Waals surface area contributed by atoms with Gasteiger partial charge in [-0.1, -0.05) is 6.07 Å². The molecule has 2 atom stereocenters. The zero-order valence-electron chi connectivity index (χ0n) is 18.0. The fourth-order valence-electron chi connectivity index (χ4n) is 2.42. The molecule has 0 heterocycles. The summed E-state index contributed by atoms with van der Waals surface area (Å²) in [4.78, 5) is 24.3. The molecule has 0 saturated carbocycles. The second kappa shape index (κ2) is 10.3. The van der Waals surface area contributed by atoms with Gasteiger partial charge in [-0.05, 0) is 45.0 Å². The van der Waals surface area contributed by atoms with Gasteiger partial charge in [-0.15, -0.1) is 0 Å². The van der Waals surface area contributed by atoms with Crippen LogP contribution in [0.1, 0.15) is 20.8 Å². The van der Waals surface area contributed by atoms with Gasteiger partial charge in [-0.25, -0.2) is 4.57 Å². The summed E-state index contributed by atoms with van der Waals surface area (Å²) in [6.45, 7) is 4.86. The fourth-order valence-corrected chi connectivity index (χ4v) is 3.93. The molecule has 0 fully saturated rings. The SMILES string of the molecule is CC(C)OC(=O)[C@H](C)NP(=O)(Oc1ccc([N+](=O)[O-])cc1)Oc1cccc(N(C)C)c1. The number of esters is 1. The number of hydrogen-bond donors (Lipinski definition) is 1. The van der Waals surface area contributed by atoms with E-state index in [-0.39, 0.29) is 23.3 Å². The molecule has 0 spiro atoms. The second-order valence-corrected chi connectivity index (χ2v) is 8.78. The van der Waals surface area contributed by atoms with Gasteiger partial charge < -0.3 is 18.7 Å². The number of anilines is 1. The highest BCUT2D eigenvalue weighted by Gasteiger charge is 2.34. The van der Waals surface area contributed by atoms with E-state index in [1.54, 1.807) is 32.0 Å². The van der Waals surface area contributed by atoms with Crippen LogP contribution in [0.3, 0.4) is 0 Å². The zero-order chi connectivity index (χ0) is 23.2. The molecule has 0 bridgehead atoms. The maximum absolute atomic E-state index is 13.5. The summed E-state index contributed by atoms with van der Waals surface area (Å²) in [5.41, 5.74) is 0.648. The summed E-state index contributed by atoms with van der Waals surface area (Å²) >= 11 is 0. The lowest BCUT2D eigenvalue weighted by Crippen LogP contribution is -2.36. The van der Waals surface area contributed by atoms with Crippen molar-refractivity contribution in [1.82, 2.24) is 5.09 Å². The molecule has 0 saturated heterocycles. The van der Waals surface area contributed by atoms with Crippen LogP contribution in [0.4, 0.5) is 11.4 Å². The number of hydrogen-bond acceptors (Lipinski definition) is 8. The van der Waals surface area contributed by atoms with Gasteiger partial charge in [0.2, 0.25) is 0 Å². The molecule has 10 nitrogen and oxygen atoms in total. The lowest BCUT2D eigenvalue weighted by Gasteiger charge is -2.24. The minimum absolute atomic E-state index is 0.0645. The molecule has 1 N–H and O–H groups in total. The van der Waals surface area contributed by atoms with E-state index in [9.17, 15) is 19.5 Å². The Morgan fingerprint density at radius 2 is 1.68 bits per heavy atom. The Bertz CT molecular complexity index is 964. The third kappa shape index (κ3) is 7.27. The number of ether oxygens (including phenoxy) is 1. The highest BCUT2D eigenvalue weighted by molar-refractivity contribution is 7.52. The van der Waals surface area contributed by atoms with Crippen molar-refractivity contribution < 1.29 is 28.1 Å². The van der Waals surface area contributed by atoms with Crippen LogP contribution in [0.25, 0.3) is 0 Å². The van der Waals surface area contributed by atoms with Crippen molar-refractivity contribution in [3.8, 4) is 11.5 Å². The normalized spacial score (nSPS) is 13.7. The van der Waals surface area contributed by atoms with Crippen LogP contribution in [-0.2, 0) is 14.1 Å². The smallest absolute Gasteiger partial charge is 0.462 e. The average molecular weight is 451 g/mol. The molecular formula is C20H26N3O7P. The molecule has 2 rings (SSSR count). The topological polar surface area (TPSA) is 120 Å². The van der Waals surface area contributed by atoms with Crippen LogP contribution in [0.2, 0.25) is 0 Å². The standard InChI is InChI=1S/C20H26N3O7P/c1-14(2)28-20(24)15(3)21-31(27,29-18-11-9-16(10-12-18)23(25)26)30-19-8-6-7-17(13-19)22(4)5/h6-15H,1-5H3,(H,21,27)/t15-,31?/m0/s1. The van der Waals surface area contributed by atoms with Crippen molar-refractivity contribution in [3.05, 3.63) is 58.6 Å². The maximum atomic E-state index is 13.5. The molecule has 0 aliphatic heterocycles. The fraction of sp³-hybridized carbons (Fsp3) is 0.350. The summed E-state index contributed by atoms with van der Waals surface area (Å²) < 4.78 is 29.9. The molecule has 2 aromatic carbocycles. The molecular weight excluding hydrogens is 425 g/mol. The monoisotopic (exact) mass is 451 g/mol. The number of non-ortho nitro benzene ring substituents is 1. The van der Waals surface area contributed by atoms with Crippen molar-refractivity contribution in [3.63, 3.8) is 0 Å². The maximum Gasteiger partial charge on any atom is 0.513 e. The number of nitro groups is 1. The number of carbonyl (C=O) groups excluding carboxylic acids is 1. The molecule has 0 aliphatic carbocycles. The van der Waals surface area contributed by atoms with E-state index in [1.165, 1.54) is 31.2 Å². The molecule has 0 amide bonds. The van der Waals surface area contributed by atoms with Gasteiger partial charge >= 0.3 is 13.7 Å². The number of benzene rings is 2. The van der Waals surface area contributed by atoms with Crippen molar-refractivity contribution in [2.45, 2.75) is 32.9 Å². The molecule has 11 heteroatoms. The summed E-state index contributed by atoms with van der Waals surface area (Å²) in [7, 11) is -0.462. The predicted molar refractivity (Wildman–Crippen MR) is 117 cm³/mol. The van der Waals surface area contributed by atoms with Gasteiger partial charge in [0.25, 0.3) is 5.69 Å². The Balaban J connectivity index is 2.31. The van der Waals surface area contributed by atoms with Gasteiger partial charge in [0.1, 0.15) is 17.5 Å². The Hall–Kier alpha value is -3.10. The molecule has 31 heavy (non-hydrogen) atoms. The predicted octanol–water partition coefficient (Wildman–Crippen LogP) is 4.16. The molecule has 2 aromatic rings. The largest absolute Gasteiger partial charge is 0.513 e. The van der Waals surface area contributed by atoms with Crippen LogP contribution in [0, 0.1) is 10.1 Å². The minimum atomic E-state index is -4.14. The zero-order valence-corrected chi connectivity index (χ0v) is 18.9. The van der Waals surface area contributed by atoms with Gasteiger partial charge in [0, 0.05) is 38.0 Å². The van der Waals surface area contributed by atoms with E-state index in [1.807, 2.05) is 25.1 Å². The molecule has 1 unspecified atom stereocenters. The van der Waals surface area contributed by atoms with Gasteiger partial charge in [-0.3, -0.25) is 14.9 Å². The number of rotatable bonds is 10. The third-order valence-electron chi connectivity index (χ3n) is 3.89. The van der Waals surface area contributed by atoms with E-state index in [0.29, 0.717) is 0 Å². The number of nitrogens with zero attached hydrogens (tertiary/aromatic N) is 2. The molecule has 168 valence electrons. The van der Waals surface area contributed by atoms with Gasteiger partial charge in [-0.2, -0.15) is 5.09 Å². The van der Waals surface area contributed by atoms with Crippen LogP contribution in [0.5, 0.6) is 11.5 Å². The first-order valence-corrected chi connectivity index (χ1v) is 11.0. The first kappa shape index (κ1) is 24.2. The minimum Gasteiger partial charge on any atom is -0.462 e. The van der Waals surface area contributed by atoms with Crippen LogP contribution >= 0.6 is 7.75 Å². The Morgan fingerprint density at radius 1 is 1.06 bits per heavy atom. The highest BCUT2D eigenvalue weighted by atomic mass is 31.2. The van der Waals surface area contributed by atoms with E-state index in [4.69, 9.17) is 13.8 Å². The van der Waals surface area contributed by atoms with E-state index >= 15 is 0 Å². The second-order valence-electron chi connectivity index (χ2n) is 7.16. The van der Waals surface area contributed by atoms with Crippen molar-refractivity contribution >= 4 is 25.1 Å². The molecule has 0 aromatic heterocycles. The lowest BCUT2D eigenvalue weighted by atomic mass is 10.3. The van der Waals surface area contributed by atoms with Crippen molar-refractivity contribution in [2.24, 2.45) is 0 Å². The first-order chi connectivity index (χ1) is 14.5. The first-order valence-electron chi connectivity index (χ1n) is 9.48. The van der Waals surface area contributed by atoms with Crippen molar-refractivity contribution in [2.75, 3.05) is 19.0 Å². The molecule has 0 radical (unpaired) electrons. The van der Waals surface area contributed by atoms with E-state index in [2.05, 4.69) is 5.09 Å². The average Bonchev–Trinajstić information content (AvgIpc) is 2.67. The van der Waals surface area contributed by atoms with Gasteiger partial charge in [0.05, 0.1) is 11.0 Å². The lowest BCUT2D eigenvalue weighted by molar-refractivity contribution is -0.384.